The third kappa shape index (κ3) is 5.18. The number of benzene rings is 1. The molecule has 40 heavy (non-hydrogen) atoms. The molecule has 4 aromatic heterocycles. The topological polar surface area (TPSA) is 151 Å². The number of rotatable bonds is 8. The van der Waals surface area contributed by atoms with Gasteiger partial charge in [0.1, 0.15) is 11.5 Å². The Morgan fingerprint density at radius 1 is 0.900 bits per heavy atom. The molecule has 0 amide bonds. The molecule has 0 aliphatic heterocycles. The molecule has 5 aromatic rings. The molecule has 206 valence electrons. The Kier molecular flexibility index (Phi) is 6.89. The molecule has 0 spiro atoms. The van der Waals surface area contributed by atoms with Crippen molar-refractivity contribution in [2.75, 3.05) is 26.6 Å². The molecule has 0 fully saturated rings. The van der Waals surface area contributed by atoms with E-state index in [1.165, 1.54) is 40.6 Å². The van der Waals surface area contributed by atoms with E-state index >= 15 is 0 Å². The predicted molar refractivity (Wildman–Crippen MR) is 135 cm³/mol. The van der Waals surface area contributed by atoms with E-state index < -0.39 is 11.9 Å². The number of aryl methyl sites for hydroxylation is 1. The highest BCUT2D eigenvalue weighted by Crippen LogP contribution is 2.35. The van der Waals surface area contributed by atoms with Gasteiger partial charge in [-0.05, 0) is 29.5 Å². The number of aromatic amines is 1. The van der Waals surface area contributed by atoms with Gasteiger partial charge in [0.05, 0.1) is 26.9 Å². The lowest BCUT2D eigenvalue weighted by atomic mass is 10.1. The smallest absolute Gasteiger partial charge is 0.435 e. The number of aromatic nitrogens is 9. The Bertz CT molecular complexity index is 1630. The maximum Gasteiger partial charge on any atom is 0.435 e. The van der Waals surface area contributed by atoms with Crippen LogP contribution in [0.3, 0.4) is 0 Å². The minimum Gasteiger partial charge on any atom is -0.497 e. The van der Waals surface area contributed by atoms with Gasteiger partial charge in [-0.25, -0.2) is 19.7 Å². The van der Waals surface area contributed by atoms with Gasteiger partial charge in [0, 0.05) is 53.1 Å². The SMILES string of the molecule is COc1cc(Nc2ncc(-c3cnc(OC)c(-c4nnn[nH]4)c3)c(-n3nc(C(F)(F)F)cc3C)n2)cc(OC)c1. The van der Waals surface area contributed by atoms with Crippen LogP contribution in [0.2, 0.25) is 0 Å². The van der Waals surface area contributed by atoms with E-state index in [1.54, 1.807) is 24.3 Å². The Hall–Kier alpha value is -5.28. The van der Waals surface area contributed by atoms with Crippen LogP contribution in [-0.2, 0) is 6.18 Å². The third-order valence-corrected chi connectivity index (χ3v) is 5.71. The minimum absolute atomic E-state index is 0.0639. The van der Waals surface area contributed by atoms with Gasteiger partial charge in [0.25, 0.3) is 0 Å². The second-order valence-corrected chi connectivity index (χ2v) is 8.27. The Balaban J connectivity index is 1.66. The van der Waals surface area contributed by atoms with Crippen LogP contribution < -0.4 is 19.5 Å². The van der Waals surface area contributed by atoms with E-state index in [2.05, 4.69) is 46.0 Å². The molecular formula is C24H21F3N10O3. The monoisotopic (exact) mass is 554 g/mol. The zero-order valence-electron chi connectivity index (χ0n) is 21.5. The van der Waals surface area contributed by atoms with Crippen LogP contribution >= 0.6 is 0 Å². The summed E-state index contributed by atoms with van der Waals surface area (Å²) in [6.45, 7) is 1.49. The molecule has 0 saturated heterocycles. The van der Waals surface area contributed by atoms with Gasteiger partial charge in [-0.2, -0.15) is 23.3 Å². The van der Waals surface area contributed by atoms with E-state index in [4.69, 9.17) is 14.2 Å². The summed E-state index contributed by atoms with van der Waals surface area (Å²) in [7, 11) is 4.45. The maximum absolute atomic E-state index is 13.5. The van der Waals surface area contributed by atoms with Crippen LogP contribution in [0.4, 0.5) is 24.8 Å². The molecule has 0 unspecified atom stereocenters. The van der Waals surface area contributed by atoms with Gasteiger partial charge in [0.2, 0.25) is 11.8 Å². The average Bonchev–Trinajstić information content (AvgIpc) is 3.62. The molecule has 13 nitrogen and oxygen atoms in total. The molecule has 4 heterocycles. The van der Waals surface area contributed by atoms with Crippen molar-refractivity contribution in [2.24, 2.45) is 0 Å². The minimum atomic E-state index is -4.66. The average molecular weight is 554 g/mol. The summed E-state index contributed by atoms with van der Waals surface area (Å²) in [4.78, 5) is 13.2. The van der Waals surface area contributed by atoms with E-state index in [9.17, 15) is 13.2 Å². The molecule has 5 rings (SSSR count). The quantitative estimate of drug-likeness (QED) is 0.286. The first kappa shape index (κ1) is 26.3. The zero-order valence-corrected chi connectivity index (χ0v) is 21.5. The third-order valence-electron chi connectivity index (χ3n) is 5.71. The van der Waals surface area contributed by atoms with Gasteiger partial charge >= 0.3 is 6.18 Å². The largest absolute Gasteiger partial charge is 0.497 e. The van der Waals surface area contributed by atoms with Gasteiger partial charge in [-0.3, -0.25) is 0 Å². The molecule has 0 saturated carbocycles. The Morgan fingerprint density at radius 3 is 2.25 bits per heavy atom. The number of anilines is 2. The number of nitrogens with zero attached hydrogens (tertiary/aromatic N) is 8. The van der Waals surface area contributed by atoms with E-state index in [-0.39, 0.29) is 29.2 Å². The lowest BCUT2D eigenvalue weighted by Crippen LogP contribution is -2.11. The second kappa shape index (κ2) is 10.5. The standard InChI is InChI=1S/C24H21F3N10O3/c1-12-5-19(24(25,26)27)34-37(12)21-18(13-6-17(20-32-35-36-33-20)22(40-4)28-10-13)11-29-23(31-21)30-14-7-15(38-2)9-16(8-14)39-3/h5-11H,1-4H3,(H,29,30,31)(H,32,33,35,36). The van der Waals surface area contributed by atoms with E-state index in [0.717, 1.165) is 10.7 Å². The van der Waals surface area contributed by atoms with Crippen LogP contribution in [0.5, 0.6) is 17.4 Å². The maximum atomic E-state index is 13.5. The van der Waals surface area contributed by atoms with Crippen LogP contribution in [0.1, 0.15) is 11.4 Å². The number of H-pyrrole nitrogens is 1. The number of hydrogen-bond donors (Lipinski definition) is 2. The van der Waals surface area contributed by atoms with Crippen LogP contribution in [-0.4, -0.2) is 66.7 Å². The molecule has 2 N–H and O–H groups in total. The van der Waals surface area contributed by atoms with Crippen LogP contribution in [0.25, 0.3) is 28.3 Å². The van der Waals surface area contributed by atoms with Crippen molar-refractivity contribution in [2.45, 2.75) is 13.1 Å². The van der Waals surface area contributed by atoms with Crippen molar-refractivity contribution >= 4 is 11.6 Å². The highest BCUT2D eigenvalue weighted by molar-refractivity contribution is 5.76. The number of ether oxygens (including phenoxy) is 3. The molecule has 0 bridgehead atoms. The predicted octanol–water partition coefficient (Wildman–Crippen LogP) is 4.00. The summed E-state index contributed by atoms with van der Waals surface area (Å²) >= 11 is 0. The summed E-state index contributed by atoms with van der Waals surface area (Å²) < 4.78 is 57.6. The number of pyridine rings is 1. The van der Waals surface area contributed by atoms with Crippen molar-refractivity contribution in [3.8, 4) is 45.7 Å². The van der Waals surface area contributed by atoms with Crippen molar-refractivity contribution in [3.63, 3.8) is 0 Å². The van der Waals surface area contributed by atoms with Crippen molar-refractivity contribution in [1.29, 1.82) is 0 Å². The summed E-state index contributed by atoms with van der Waals surface area (Å²) in [6.07, 6.45) is -1.74. The lowest BCUT2D eigenvalue weighted by molar-refractivity contribution is -0.141. The fraction of sp³-hybridized carbons (Fsp3) is 0.208. The van der Waals surface area contributed by atoms with Gasteiger partial charge in [-0.15, -0.1) is 5.10 Å². The van der Waals surface area contributed by atoms with Gasteiger partial charge < -0.3 is 19.5 Å². The number of nitrogens with one attached hydrogen (secondary N) is 2. The van der Waals surface area contributed by atoms with Crippen molar-refractivity contribution in [1.82, 2.24) is 45.4 Å². The highest BCUT2D eigenvalue weighted by atomic mass is 19.4. The summed E-state index contributed by atoms with van der Waals surface area (Å²) in [5.74, 6) is 1.66. The number of tetrazole rings is 1. The zero-order chi connectivity index (χ0) is 28.4. The Labute approximate surface area is 224 Å². The fourth-order valence-corrected chi connectivity index (χ4v) is 3.84. The van der Waals surface area contributed by atoms with E-state index in [0.29, 0.717) is 33.9 Å². The first-order valence-corrected chi connectivity index (χ1v) is 11.5. The molecule has 0 radical (unpaired) electrons. The van der Waals surface area contributed by atoms with Crippen LogP contribution in [0.15, 0.2) is 42.7 Å². The molecule has 0 aliphatic carbocycles. The molecule has 1 aromatic carbocycles. The summed E-state index contributed by atoms with van der Waals surface area (Å²) in [5, 5.41) is 20.5. The lowest BCUT2D eigenvalue weighted by Gasteiger charge is -2.14. The van der Waals surface area contributed by atoms with Crippen LogP contribution in [0, 0.1) is 6.92 Å². The number of alkyl halides is 3. The normalized spacial score (nSPS) is 11.4. The first-order chi connectivity index (χ1) is 19.2. The number of hydrogen-bond acceptors (Lipinski definition) is 11. The van der Waals surface area contributed by atoms with Gasteiger partial charge in [-0.1, -0.05) is 0 Å². The summed E-state index contributed by atoms with van der Waals surface area (Å²) in [5.41, 5.74) is 0.840. The number of methoxy groups -OCH3 is 3. The van der Waals surface area contributed by atoms with Crippen molar-refractivity contribution < 1.29 is 27.4 Å². The molecular weight excluding hydrogens is 533 g/mol. The molecule has 0 atom stereocenters. The summed E-state index contributed by atoms with van der Waals surface area (Å²) in [6, 6.07) is 7.64. The second-order valence-electron chi connectivity index (χ2n) is 8.27. The molecule has 16 heteroatoms. The highest BCUT2D eigenvalue weighted by Gasteiger charge is 2.35. The fourth-order valence-electron chi connectivity index (χ4n) is 3.84. The number of halogens is 3. The van der Waals surface area contributed by atoms with Crippen molar-refractivity contribution in [3.05, 3.63) is 54.1 Å². The Morgan fingerprint density at radius 2 is 1.65 bits per heavy atom. The van der Waals surface area contributed by atoms with E-state index in [1.807, 2.05) is 0 Å². The van der Waals surface area contributed by atoms with Gasteiger partial charge in [0.15, 0.2) is 17.3 Å². The first-order valence-electron chi connectivity index (χ1n) is 11.5. The molecule has 0 aliphatic rings.